The van der Waals surface area contributed by atoms with Crippen LogP contribution < -0.4 is 0 Å². The van der Waals surface area contributed by atoms with E-state index in [4.69, 9.17) is 11.6 Å². The Morgan fingerprint density at radius 2 is 2.17 bits per heavy atom. The number of rotatable bonds is 7. The third-order valence-corrected chi connectivity index (χ3v) is 3.90. The second kappa shape index (κ2) is 8.02. The van der Waals surface area contributed by atoms with Gasteiger partial charge in [-0.15, -0.1) is 18.2 Å². The van der Waals surface area contributed by atoms with Crippen molar-refractivity contribution in [1.82, 2.24) is 9.47 Å². The molecular weight excluding hydrogens is 308 g/mol. The van der Waals surface area contributed by atoms with Gasteiger partial charge in [0.1, 0.15) is 5.38 Å². The summed E-state index contributed by atoms with van der Waals surface area (Å²) in [5.41, 5.74) is 3.57. The van der Waals surface area contributed by atoms with Gasteiger partial charge in [-0.1, -0.05) is 35.9 Å². The number of aryl methyl sites for hydroxylation is 1. The lowest BCUT2D eigenvalue weighted by Gasteiger charge is -2.23. The van der Waals surface area contributed by atoms with E-state index in [2.05, 4.69) is 42.3 Å². The third-order valence-electron chi connectivity index (χ3n) is 3.71. The van der Waals surface area contributed by atoms with Crippen molar-refractivity contribution in [2.24, 2.45) is 0 Å². The average molecular weight is 331 g/mol. The van der Waals surface area contributed by atoms with Crippen LogP contribution in [-0.4, -0.2) is 27.3 Å². The maximum Gasteiger partial charge on any atom is 0.240 e. The normalized spacial score (nSPS) is 12.0. The fourth-order valence-electron chi connectivity index (χ4n) is 2.59. The molecule has 0 saturated heterocycles. The van der Waals surface area contributed by atoms with Crippen LogP contribution in [0, 0.1) is 6.92 Å². The fourth-order valence-corrected chi connectivity index (χ4v) is 2.73. The molecule has 0 fully saturated rings. The number of hydrogen-bond acceptors (Lipinski definition) is 1. The molecule has 2 rings (SSSR count). The maximum absolute atomic E-state index is 12.2. The van der Waals surface area contributed by atoms with E-state index in [0.29, 0.717) is 13.1 Å². The first kappa shape index (κ1) is 17.4. The third kappa shape index (κ3) is 4.73. The second-order valence-electron chi connectivity index (χ2n) is 5.74. The van der Waals surface area contributed by atoms with Crippen molar-refractivity contribution < 1.29 is 4.79 Å². The number of carbonyl (C=O) groups is 1. The summed E-state index contributed by atoms with van der Waals surface area (Å²) in [6.07, 6.45) is 3.77. The van der Waals surface area contributed by atoms with Crippen LogP contribution in [0.15, 0.2) is 55.3 Å². The van der Waals surface area contributed by atoms with Crippen LogP contribution >= 0.6 is 11.6 Å². The molecule has 0 aliphatic heterocycles. The van der Waals surface area contributed by atoms with Crippen LogP contribution in [0.3, 0.4) is 0 Å². The van der Waals surface area contributed by atoms with E-state index >= 15 is 0 Å². The van der Waals surface area contributed by atoms with Gasteiger partial charge in [-0.3, -0.25) is 4.79 Å². The van der Waals surface area contributed by atoms with Crippen LogP contribution in [0.1, 0.15) is 23.7 Å². The van der Waals surface area contributed by atoms with Crippen molar-refractivity contribution in [2.45, 2.75) is 32.3 Å². The highest BCUT2D eigenvalue weighted by atomic mass is 35.5. The number of hydrogen-bond donors (Lipinski definition) is 0. The molecule has 0 spiro atoms. The Hall–Kier alpha value is -2.00. The van der Waals surface area contributed by atoms with Gasteiger partial charge in [0.05, 0.1) is 6.54 Å². The quantitative estimate of drug-likeness (QED) is 0.556. The molecule has 0 aliphatic rings. The Labute approximate surface area is 143 Å². The molecule has 1 heterocycles. The van der Waals surface area contributed by atoms with Crippen LogP contribution in [0.2, 0.25) is 0 Å². The monoisotopic (exact) mass is 330 g/mol. The molecule has 0 unspecified atom stereocenters. The smallest absolute Gasteiger partial charge is 0.240 e. The van der Waals surface area contributed by atoms with Crippen molar-refractivity contribution in [2.75, 3.05) is 6.54 Å². The number of amides is 1. The summed E-state index contributed by atoms with van der Waals surface area (Å²) in [6, 6.07) is 12.5. The molecule has 0 N–H and O–H groups in total. The molecule has 3 nitrogen and oxygen atoms in total. The Bertz CT molecular complexity index is 676. The average Bonchev–Trinajstić information content (AvgIpc) is 2.93. The number of halogens is 1. The summed E-state index contributed by atoms with van der Waals surface area (Å²) in [6.45, 7) is 9.33. The molecule has 2 aromatic rings. The number of benzene rings is 1. The zero-order valence-electron chi connectivity index (χ0n) is 13.7. The van der Waals surface area contributed by atoms with Crippen molar-refractivity contribution >= 4 is 17.5 Å². The van der Waals surface area contributed by atoms with Gasteiger partial charge in [0.2, 0.25) is 5.91 Å². The fraction of sp³-hybridized carbons (Fsp3) is 0.316. The van der Waals surface area contributed by atoms with Gasteiger partial charge in [0, 0.05) is 25.0 Å². The van der Waals surface area contributed by atoms with Crippen molar-refractivity contribution in [3.8, 4) is 0 Å². The first-order valence-electron chi connectivity index (χ1n) is 7.74. The van der Waals surface area contributed by atoms with Crippen LogP contribution in [-0.2, 0) is 17.9 Å². The number of carbonyl (C=O) groups excluding carboxylic acids is 1. The lowest BCUT2D eigenvalue weighted by Crippen LogP contribution is -2.36. The van der Waals surface area contributed by atoms with Crippen molar-refractivity contribution in [1.29, 1.82) is 0 Å². The molecule has 1 amide bonds. The van der Waals surface area contributed by atoms with E-state index < -0.39 is 5.38 Å². The lowest BCUT2D eigenvalue weighted by molar-refractivity contribution is -0.130. The summed E-state index contributed by atoms with van der Waals surface area (Å²) in [4.78, 5) is 13.9. The summed E-state index contributed by atoms with van der Waals surface area (Å²) >= 11 is 5.95. The molecular formula is C19H23ClN2O. The Balaban J connectivity index is 2.16. The molecule has 0 saturated carbocycles. The molecule has 4 heteroatoms. The molecule has 23 heavy (non-hydrogen) atoms. The number of nitrogens with zero attached hydrogens (tertiary/aromatic N) is 2. The van der Waals surface area contributed by atoms with Gasteiger partial charge in [0.25, 0.3) is 0 Å². The van der Waals surface area contributed by atoms with Gasteiger partial charge in [0.15, 0.2) is 0 Å². The molecule has 1 atom stereocenters. The topological polar surface area (TPSA) is 25.2 Å². The molecule has 1 aromatic heterocycles. The highest BCUT2D eigenvalue weighted by Crippen LogP contribution is 2.13. The molecule has 0 aliphatic carbocycles. The zero-order chi connectivity index (χ0) is 16.8. The Morgan fingerprint density at radius 3 is 2.83 bits per heavy atom. The van der Waals surface area contributed by atoms with Crippen molar-refractivity contribution in [3.05, 3.63) is 72.1 Å². The van der Waals surface area contributed by atoms with E-state index in [9.17, 15) is 4.79 Å². The van der Waals surface area contributed by atoms with E-state index in [1.807, 2.05) is 18.3 Å². The van der Waals surface area contributed by atoms with E-state index in [-0.39, 0.29) is 5.91 Å². The SMILES string of the molecule is C=CCN(Cc1cccn1Cc1cccc(C)c1)C(=O)[C@H](C)Cl. The first-order valence-corrected chi connectivity index (χ1v) is 8.18. The summed E-state index contributed by atoms with van der Waals surface area (Å²) in [5.74, 6) is -0.0742. The first-order chi connectivity index (χ1) is 11.0. The van der Waals surface area contributed by atoms with E-state index in [0.717, 1.165) is 12.2 Å². The molecule has 0 bridgehead atoms. The minimum atomic E-state index is -0.532. The minimum absolute atomic E-state index is 0.0742. The minimum Gasteiger partial charge on any atom is -0.345 e. The number of aromatic nitrogens is 1. The Morgan fingerprint density at radius 1 is 1.39 bits per heavy atom. The molecule has 0 radical (unpaired) electrons. The van der Waals surface area contributed by atoms with E-state index in [1.54, 1.807) is 17.9 Å². The van der Waals surface area contributed by atoms with Gasteiger partial charge in [-0.25, -0.2) is 0 Å². The van der Waals surface area contributed by atoms with Gasteiger partial charge < -0.3 is 9.47 Å². The Kier molecular flexibility index (Phi) is 6.05. The largest absolute Gasteiger partial charge is 0.345 e. The highest BCUT2D eigenvalue weighted by Gasteiger charge is 2.18. The number of alkyl halides is 1. The zero-order valence-corrected chi connectivity index (χ0v) is 14.5. The van der Waals surface area contributed by atoms with Crippen LogP contribution in [0.25, 0.3) is 0 Å². The summed E-state index contributed by atoms with van der Waals surface area (Å²) in [7, 11) is 0. The highest BCUT2D eigenvalue weighted by molar-refractivity contribution is 6.30. The standard InChI is InChI=1S/C19H23ClN2O/c1-4-10-22(19(23)16(3)20)14-18-9-6-11-21(18)13-17-8-5-7-15(2)12-17/h4-9,11-12,16H,1,10,13-14H2,2-3H3/t16-/m0/s1. The predicted octanol–water partition coefficient (Wildman–Crippen LogP) is 3.99. The maximum atomic E-state index is 12.2. The summed E-state index contributed by atoms with van der Waals surface area (Å²) < 4.78 is 2.16. The lowest BCUT2D eigenvalue weighted by atomic mass is 10.1. The predicted molar refractivity (Wildman–Crippen MR) is 95.6 cm³/mol. The van der Waals surface area contributed by atoms with Crippen LogP contribution in [0.5, 0.6) is 0 Å². The van der Waals surface area contributed by atoms with Gasteiger partial charge in [-0.05, 0) is 31.5 Å². The van der Waals surface area contributed by atoms with Gasteiger partial charge >= 0.3 is 0 Å². The van der Waals surface area contributed by atoms with E-state index in [1.165, 1.54) is 11.1 Å². The molecule has 1 aromatic carbocycles. The molecule has 122 valence electrons. The summed E-state index contributed by atoms with van der Waals surface area (Å²) in [5, 5.41) is -0.532. The van der Waals surface area contributed by atoms with Crippen molar-refractivity contribution in [3.63, 3.8) is 0 Å². The van der Waals surface area contributed by atoms with Crippen LogP contribution in [0.4, 0.5) is 0 Å². The second-order valence-corrected chi connectivity index (χ2v) is 6.39. The van der Waals surface area contributed by atoms with Gasteiger partial charge in [-0.2, -0.15) is 0 Å².